The molecule has 30 heavy (non-hydrogen) atoms. The third-order valence-corrected chi connectivity index (χ3v) is 5.61. The van der Waals surface area contributed by atoms with Gasteiger partial charge in [0, 0.05) is 37.0 Å². The number of carbonyl (C=O) groups is 2. The van der Waals surface area contributed by atoms with Crippen molar-refractivity contribution in [1.82, 2.24) is 10.2 Å². The zero-order valence-corrected chi connectivity index (χ0v) is 18.1. The molecule has 1 N–H and O–H groups in total. The molecule has 1 aliphatic heterocycles. The van der Waals surface area contributed by atoms with E-state index in [-0.39, 0.29) is 29.6 Å². The van der Waals surface area contributed by atoms with E-state index in [1.807, 2.05) is 62.4 Å². The van der Waals surface area contributed by atoms with Crippen molar-refractivity contribution in [3.05, 3.63) is 59.7 Å². The Morgan fingerprint density at radius 1 is 1.07 bits per heavy atom. The molecule has 1 aliphatic rings. The van der Waals surface area contributed by atoms with Gasteiger partial charge in [0.05, 0.1) is 20.1 Å². The van der Waals surface area contributed by atoms with E-state index in [1.165, 1.54) is 0 Å². The molecule has 1 fully saturated rings. The lowest BCUT2D eigenvalue weighted by molar-refractivity contribution is -0.133. The number of carbonyl (C=O) groups excluding carboxylic acids is 2. The maximum atomic E-state index is 13.2. The highest BCUT2D eigenvalue weighted by Crippen LogP contribution is 2.40. The van der Waals surface area contributed by atoms with Crippen LogP contribution in [0.25, 0.3) is 0 Å². The normalized spacial score (nSPS) is 18.4. The van der Waals surface area contributed by atoms with Gasteiger partial charge in [-0.1, -0.05) is 44.2 Å². The Morgan fingerprint density at radius 2 is 1.80 bits per heavy atom. The quantitative estimate of drug-likeness (QED) is 0.761. The number of amides is 2. The number of ether oxygens (including phenoxy) is 2. The van der Waals surface area contributed by atoms with E-state index in [0.717, 1.165) is 11.1 Å². The lowest BCUT2D eigenvalue weighted by Crippen LogP contribution is -2.36. The highest BCUT2D eigenvalue weighted by molar-refractivity contribution is 5.84. The summed E-state index contributed by atoms with van der Waals surface area (Å²) in [5, 5.41) is 3.05. The van der Waals surface area contributed by atoms with Gasteiger partial charge < -0.3 is 19.7 Å². The summed E-state index contributed by atoms with van der Waals surface area (Å²) in [4.78, 5) is 27.7. The van der Waals surface area contributed by atoms with Crippen molar-refractivity contribution >= 4 is 11.8 Å². The Labute approximate surface area is 178 Å². The Morgan fingerprint density at radius 3 is 2.43 bits per heavy atom. The van der Waals surface area contributed by atoms with Gasteiger partial charge in [0.25, 0.3) is 0 Å². The minimum Gasteiger partial charge on any atom is -0.497 e. The van der Waals surface area contributed by atoms with Gasteiger partial charge in [0.15, 0.2) is 0 Å². The average molecular weight is 411 g/mol. The van der Waals surface area contributed by atoms with Gasteiger partial charge in [-0.2, -0.15) is 0 Å². The molecule has 2 atom stereocenters. The van der Waals surface area contributed by atoms with Gasteiger partial charge in [-0.15, -0.1) is 0 Å². The molecule has 6 heteroatoms. The van der Waals surface area contributed by atoms with Crippen LogP contribution < -0.4 is 14.8 Å². The van der Waals surface area contributed by atoms with Gasteiger partial charge in [-0.05, 0) is 23.8 Å². The summed E-state index contributed by atoms with van der Waals surface area (Å²) < 4.78 is 11.0. The van der Waals surface area contributed by atoms with Crippen molar-refractivity contribution in [2.24, 2.45) is 11.8 Å². The molecular formula is C24H30N2O4. The maximum Gasteiger partial charge on any atom is 0.225 e. The summed E-state index contributed by atoms with van der Waals surface area (Å²) >= 11 is 0. The number of methoxy groups -OCH3 is 2. The molecule has 0 aromatic heterocycles. The second kappa shape index (κ2) is 9.65. The SMILES string of the molecule is COc1ccc(OC)c([C@H]2CN(C(=O)C(C)C)C[C@H]2C(=O)NCc2ccccc2)c1. The van der Waals surface area contributed by atoms with Crippen LogP contribution in [-0.4, -0.2) is 44.0 Å². The highest BCUT2D eigenvalue weighted by atomic mass is 16.5. The molecule has 0 bridgehead atoms. The topological polar surface area (TPSA) is 67.9 Å². The van der Waals surface area contributed by atoms with Gasteiger partial charge in [0.2, 0.25) is 11.8 Å². The molecule has 3 rings (SSSR count). The van der Waals surface area contributed by atoms with Crippen molar-refractivity contribution in [1.29, 1.82) is 0 Å². The molecule has 0 saturated carbocycles. The van der Waals surface area contributed by atoms with Crippen LogP contribution >= 0.6 is 0 Å². The fourth-order valence-corrected chi connectivity index (χ4v) is 3.98. The second-order valence-corrected chi connectivity index (χ2v) is 7.92. The number of nitrogens with zero attached hydrogens (tertiary/aromatic N) is 1. The van der Waals surface area contributed by atoms with Crippen LogP contribution in [0.1, 0.15) is 30.9 Å². The van der Waals surface area contributed by atoms with Crippen LogP contribution in [-0.2, 0) is 16.1 Å². The fraction of sp³-hybridized carbons (Fsp3) is 0.417. The van der Waals surface area contributed by atoms with E-state index < -0.39 is 0 Å². The molecule has 2 aromatic rings. The van der Waals surface area contributed by atoms with Gasteiger partial charge in [-0.3, -0.25) is 9.59 Å². The van der Waals surface area contributed by atoms with Crippen LogP contribution in [0.4, 0.5) is 0 Å². The molecule has 2 aromatic carbocycles. The van der Waals surface area contributed by atoms with Crippen molar-refractivity contribution in [3.8, 4) is 11.5 Å². The van der Waals surface area contributed by atoms with E-state index in [9.17, 15) is 9.59 Å². The largest absolute Gasteiger partial charge is 0.497 e. The predicted octanol–water partition coefficient (Wildman–Crippen LogP) is 3.22. The van der Waals surface area contributed by atoms with E-state index in [1.54, 1.807) is 19.1 Å². The molecule has 0 aliphatic carbocycles. The Hall–Kier alpha value is -3.02. The lowest BCUT2D eigenvalue weighted by atomic mass is 9.87. The molecule has 1 heterocycles. The zero-order chi connectivity index (χ0) is 21.7. The van der Waals surface area contributed by atoms with Crippen molar-refractivity contribution in [3.63, 3.8) is 0 Å². The number of rotatable bonds is 7. The van der Waals surface area contributed by atoms with E-state index in [4.69, 9.17) is 9.47 Å². The monoisotopic (exact) mass is 410 g/mol. The number of nitrogens with one attached hydrogen (secondary N) is 1. The third-order valence-electron chi connectivity index (χ3n) is 5.61. The fourth-order valence-electron chi connectivity index (χ4n) is 3.98. The van der Waals surface area contributed by atoms with E-state index in [0.29, 0.717) is 31.1 Å². The molecule has 6 nitrogen and oxygen atoms in total. The van der Waals surface area contributed by atoms with Crippen LogP contribution in [0.5, 0.6) is 11.5 Å². The smallest absolute Gasteiger partial charge is 0.225 e. The standard InChI is InChI=1S/C24H30N2O4/c1-16(2)24(28)26-14-20(19-12-18(29-3)10-11-22(19)30-4)21(15-26)23(27)25-13-17-8-6-5-7-9-17/h5-12,16,20-21H,13-15H2,1-4H3,(H,25,27)/t20-,21-/m1/s1. The first kappa shape index (κ1) is 21.7. The molecule has 0 spiro atoms. The zero-order valence-electron chi connectivity index (χ0n) is 18.1. The molecule has 1 saturated heterocycles. The summed E-state index contributed by atoms with van der Waals surface area (Å²) in [6.45, 7) is 5.08. The number of likely N-dealkylation sites (tertiary alicyclic amines) is 1. The number of hydrogen-bond donors (Lipinski definition) is 1. The summed E-state index contributed by atoms with van der Waals surface area (Å²) in [7, 11) is 3.22. The van der Waals surface area contributed by atoms with E-state index >= 15 is 0 Å². The van der Waals surface area contributed by atoms with Crippen LogP contribution in [0.15, 0.2) is 48.5 Å². The Balaban J connectivity index is 1.87. The minimum absolute atomic E-state index is 0.0558. The number of benzene rings is 2. The molecule has 2 amide bonds. The van der Waals surface area contributed by atoms with Gasteiger partial charge >= 0.3 is 0 Å². The molecular weight excluding hydrogens is 380 g/mol. The summed E-state index contributed by atoms with van der Waals surface area (Å²) in [6.07, 6.45) is 0. The van der Waals surface area contributed by atoms with Crippen LogP contribution in [0.2, 0.25) is 0 Å². The van der Waals surface area contributed by atoms with Gasteiger partial charge in [0.1, 0.15) is 11.5 Å². The van der Waals surface area contributed by atoms with Crippen LogP contribution in [0.3, 0.4) is 0 Å². The molecule has 0 radical (unpaired) electrons. The molecule has 0 unspecified atom stereocenters. The van der Waals surface area contributed by atoms with Crippen LogP contribution in [0, 0.1) is 11.8 Å². The molecule has 160 valence electrons. The first-order valence-corrected chi connectivity index (χ1v) is 10.3. The van der Waals surface area contributed by atoms with Crippen molar-refractivity contribution in [2.75, 3.05) is 27.3 Å². The maximum absolute atomic E-state index is 13.2. The Bertz CT molecular complexity index is 882. The van der Waals surface area contributed by atoms with Gasteiger partial charge in [-0.25, -0.2) is 0 Å². The predicted molar refractivity (Wildman–Crippen MR) is 115 cm³/mol. The first-order chi connectivity index (χ1) is 14.4. The summed E-state index contributed by atoms with van der Waals surface area (Å²) in [5.41, 5.74) is 1.92. The number of hydrogen-bond acceptors (Lipinski definition) is 4. The average Bonchev–Trinajstić information content (AvgIpc) is 3.22. The Kier molecular flexibility index (Phi) is 6.98. The lowest BCUT2D eigenvalue weighted by Gasteiger charge is -2.21. The van der Waals surface area contributed by atoms with Crippen molar-refractivity contribution < 1.29 is 19.1 Å². The summed E-state index contributed by atoms with van der Waals surface area (Å²) in [5.74, 6) is 0.728. The van der Waals surface area contributed by atoms with E-state index in [2.05, 4.69) is 5.32 Å². The summed E-state index contributed by atoms with van der Waals surface area (Å²) in [6, 6.07) is 15.4. The third kappa shape index (κ3) is 4.75. The van der Waals surface area contributed by atoms with Crippen molar-refractivity contribution in [2.45, 2.75) is 26.3 Å². The first-order valence-electron chi connectivity index (χ1n) is 10.3. The highest BCUT2D eigenvalue weighted by Gasteiger charge is 2.42. The second-order valence-electron chi connectivity index (χ2n) is 7.92. The minimum atomic E-state index is -0.364.